The first-order valence-corrected chi connectivity index (χ1v) is 8.66. The molecule has 0 spiro atoms. The number of amides is 1. The van der Waals surface area contributed by atoms with Gasteiger partial charge in [0.1, 0.15) is 5.69 Å². The molecule has 0 radical (unpaired) electrons. The smallest absolute Gasteiger partial charge is 0.252 e. The van der Waals surface area contributed by atoms with Gasteiger partial charge in [0.15, 0.2) is 5.78 Å². The Kier molecular flexibility index (Phi) is 6.36. The van der Waals surface area contributed by atoms with Crippen molar-refractivity contribution in [1.29, 1.82) is 0 Å². The van der Waals surface area contributed by atoms with Crippen molar-refractivity contribution in [2.45, 2.75) is 38.5 Å². The Morgan fingerprint density at radius 2 is 2.00 bits per heavy atom. The van der Waals surface area contributed by atoms with Gasteiger partial charge in [0.2, 0.25) is 0 Å². The maximum absolute atomic E-state index is 12.0. The first-order valence-electron chi connectivity index (χ1n) is 7.54. The van der Waals surface area contributed by atoms with Gasteiger partial charge in [-0.3, -0.25) is 14.6 Å². The third kappa shape index (κ3) is 4.92. The molecule has 5 heteroatoms. The van der Waals surface area contributed by atoms with Crippen LogP contribution in [0.2, 0.25) is 0 Å². The second-order valence-corrected chi connectivity index (χ2v) is 6.10. The van der Waals surface area contributed by atoms with Crippen LogP contribution >= 0.6 is 15.9 Å². The molecule has 0 aromatic carbocycles. The van der Waals surface area contributed by atoms with Crippen LogP contribution in [0.15, 0.2) is 18.3 Å². The lowest BCUT2D eigenvalue weighted by molar-refractivity contribution is 0.0947. The van der Waals surface area contributed by atoms with Crippen LogP contribution in [0.5, 0.6) is 0 Å². The predicted molar refractivity (Wildman–Crippen MR) is 85.9 cm³/mol. The van der Waals surface area contributed by atoms with Crippen LogP contribution in [0, 0.1) is 5.92 Å². The minimum atomic E-state index is -0.115. The number of pyridine rings is 1. The number of hydrogen-bond acceptors (Lipinski definition) is 3. The highest BCUT2D eigenvalue weighted by atomic mass is 79.9. The van der Waals surface area contributed by atoms with Gasteiger partial charge in [-0.15, -0.1) is 0 Å². The van der Waals surface area contributed by atoms with Gasteiger partial charge in [-0.05, 0) is 24.5 Å². The summed E-state index contributed by atoms with van der Waals surface area (Å²) in [7, 11) is 0. The monoisotopic (exact) mass is 352 g/mol. The van der Waals surface area contributed by atoms with E-state index in [0.717, 1.165) is 12.3 Å². The Hall–Kier alpha value is -1.23. The number of hydrogen-bond donors (Lipinski definition) is 1. The molecule has 0 bridgehead atoms. The minimum absolute atomic E-state index is 0.0840. The maximum Gasteiger partial charge on any atom is 0.252 e. The molecule has 1 aliphatic carbocycles. The fourth-order valence-corrected chi connectivity index (χ4v) is 3.02. The van der Waals surface area contributed by atoms with Gasteiger partial charge < -0.3 is 5.32 Å². The van der Waals surface area contributed by atoms with E-state index < -0.39 is 0 Å². The van der Waals surface area contributed by atoms with E-state index in [0.29, 0.717) is 17.8 Å². The average molecular weight is 353 g/mol. The topological polar surface area (TPSA) is 59.1 Å². The summed E-state index contributed by atoms with van der Waals surface area (Å²) in [5, 5.41) is 3.18. The molecule has 1 aromatic rings. The molecule has 1 fully saturated rings. The molecular weight excluding hydrogens is 332 g/mol. The molecule has 1 amide bonds. The lowest BCUT2D eigenvalue weighted by atomic mass is 9.87. The molecule has 21 heavy (non-hydrogen) atoms. The molecule has 114 valence electrons. The summed E-state index contributed by atoms with van der Waals surface area (Å²) in [6, 6.07) is 3.25. The van der Waals surface area contributed by atoms with Crippen LogP contribution in [0.4, 0.5) is 0 Å². The van der Waals surface area contributed by atoms with Crippen LogP contribution in [0.25, 0.3) is 0 Å². The Morgan fingerprint density at radius 1 is 1.24 bits per heavy atom. The van der Waals surface area contributed by atoms with E-state index in [1.807, 2.05) is 0 Å². The number of aromatic nitrogens is 1. The van der Waals surface area contributed by atoms with E-state index in [9.17, 15) is 9.59 Å². The summed E-state index contributed by atoms with van der Waals surface area (Å²) in [4.78, 5) is 27.5. The van der Waals surface area contributed by atoms with Crippen molar-refractivity contribution in [3.05, 3.63) is 29.6 Å². The predicted octanol–water partition coefficient (Wildman–Crippen LogP) is 3.36. The van der Waals surface area contributed by atoms with Crippen molar-refractivity contribution in [3.63, 3.8) is 0 Å². The Labute approximate surface area is 133 Å². The summed E-state index contributed by atoms with van der Waals surface area (Å²) in [5.41, 5.74) is 0.885. The summed E-state index contributed by atoms with van der Waals surface area (Å²) in [5.74, 6) is 0.562. The average Bonchev–Trinajstić information content (AvgIpc) is 2.55. The van der Waals surface area contributed by atoms with Gasteiger partial charge >= 0.3 is 0 Å². The van der Waals surface area contributed by atoms with Gasteiger partial charge in [-0.2, -0.15) is 0 Å². The Balaban J connectivity index is 1.78. The van der Waals surface area contributed by atoms with Gasteiger partial charge in [0, 0.05) is 12.7 Å². The number of ketones is 1. The molecular formula is C16H21BrN2O2. The number of halogens is 1. The normalized spacial score (nSPS) is 15.7. The molecule has 2 rings (SSSR count). The van der Waals surface area contributed by atoms with E-state index in [4.69, 9.17) is 0 Å². The molecule has 0 aliphatic heterocycles. The second kappa shape index (κ2) is 8.27. The van der Waals surface area contributed by atoms with Crippen molar-refractivity contribution in [2.24, 2.45) is 5.92 Å². The minimum Gasteiger partial charge on any atom is -0.352 e. The van der Waals surface area contributed by atoms with E-state index in [-0.39, 0.29) is 17.0 Å². The number of alkyl halides is 1. The molecule has 1 aromatic heterocycles. The molecule has 1 aliphatic rings. The summed E-state index contributed by atoms with van der Waals surface area (Å²) in [6.07, 6.45) is 9.11. The first-order chi connectivity index (χ1) is 10.2. The highest BCUT2D eigenvalue weighted by Gasteiger charge is 2.14. The van der Waals surface area contributed by atoms with Crippen LogP contribution in [0.3, 0.4) is 0 Å². The summed E-state index contributed by atoms with van der Waals surface area (Å²) < 4.78 is 0. The van der Waals surface area contributed by atoms with Crippen LogP contribution in [-0.2, 0) is 0 Å². The summed E-state index contributed by atoms with van der Waals surface area (Å²) >= 11 is 3.10. The molecule has 1 saturated carbocycles. The molecule has 1 heterocycles. The largest absolute Gasteiger partial charge is 0.352 e. The lowest BCUT2D eigenvalue weighted by Crippen LogP contribution is -2.26. The standard InChI is InChI=1S/C16H21BrN2O2/c17-10-15(20)14-7-6-13(11-19-14)16(21)18-9-8-12-4-2-1-3-5-12/h6-7,11-12H,1-5,8-10H2,(H,18,21). The van der Waals surface area contributed by atoms with Crippen LogP contribution in [0.1, 0.15) is 59.4 Å². The number of carbonyl (C=O) groups excluding carboxylic acids is 2. The lowest BCUT2D eigenvalue weighted by Gasteiger charge is -2.21. The number of rotatable bonds is 6. The highest BCUT2D eigenvalue weighted by Crippen LogP contribution is 2.25. The van der Waals surface area contributed by atoms with E-state index in [1.54, 1.807) is 12.1 Å². The van der Waals surface area contributed by atoms with Crippen molar-refractivity contribution in [2.75, 3.05) is 11.9 Å². The van der Waals surface area contributed by atoms with E-state index >= 15 is 0 Å². The van der Waals surface area contributed by atoms with Crippen molar-refractivity contribution >= 4 is 27.6 Å². The van der Waals surface area contributed by atoms with E-state index in [2.05, 4.69) is 26.2 Å². The van der Waals surface area contributed by atoms with Crippen molar-refractivity contribution < 1.29 is 9.59 Å². The third-order valence-electron chi connectivity index (χ3n) is 4.00. The first kappa shape index (κ1) is 16.1. The molecule has 0 saturated heterocycles. The fourth-order valence-electron chi connectivity index (χ4n) is 2.73. The molecule has 1 N–H and O–H groups in total. The van der Waals surface area contributed by atoms with Crippen molar-refractivity contribution in [1.82, 2.24) is 10.3 Å². The van der Waals surface area contributed by atoms with Crippen molar-refractivity contribution in [3.8, 4) is 0 Å². The van der Waals surface area contributed by atoms with Gasteiger partial charge in [0.05, 0.1) is 10.9 Å². The maximum atomic E-state index is 12.0. The van der Waals surface area contributed by atoms with Crippen LogP contribution in [-0.4, -0.2) is 28.5 Å². The van der Waals surface area contributed by atoms with E-state index in [1.165, 1.54) is 38.3 Å². The zero-order valence-corrected chi connectivity index (χ0v) is 13.7. The quantitative estimate of drug-likeness (QED) is 0.630. The molecule has 0 unspecified atom stereocenters. The zero-order chi connectivity index (χ0) is 15.1. The Morgan fingerprint density at radius 3 is 2.62 bits per heavy atom. The Bertz CT molecular complexity index is 482. The summed E-state index contributed by atoms with van der Waals surface area (Å²) in [6.45, 7) is 0.714. The van der Waals surface area contributed by atoms with Gasteiger partial charge in [-0.25, -0.2) is 0 Å². The SMILES string of the molecule is O=C(NCCC1CCCCC1)c1ccc(C(=O)CBr)nc1. The third-order valence-corrected chi connectivity index (χ3v) is 4.50. The molecule has 4 nitrogen and oxygen atoms in total. The number of nitrogens with one attached hydrogen (secondary N) is 1. The second-order valence-electron chi connectivity index (χ2n) is 5.54. The number of carbonyl (C=O) groups is 2. The van der Waals surface area contributed by atoms with Crippen LogP contribution < -0.4 is 5.32 Å². The number of Topliss-reactive ketones (excluding diaryl/α,β-unsaturated/α-hetero) is 1. The highest BCUT2D eigenvalue weighted by molar-refractivity contribution is 9.09. The fraction of sp³-hybridized carbons (Fsp3) is 0.562. The molecule has 0 atom stereocenters. The van der Waals surface area contributed by atoms with Gasteiger partial charge in [-0.1, -0.05) is 48.0 Å². The van der Waals surface area contributed by atoms with Gasteiger partial charge in [0.25, 0.3) is 5.91 Å². The number of nitrogens with zero attached hydrogens (tertiary/aromatic N) is 1. The zero-order valence-electron chi connectivity index (χ0n) is 12.1.